The molecule has 2 aliphatic heterocycles. The van der Waals surface area contributed by atoms with Crippen molar-refractivity contribution in [1.29, 1.82) is 0 Å². The lowest BCUT2D eigenvalue weighted by Gasteiger charge is -2.41. The maximum atomic E-state index is 12.3. The highest BCUT2D eigenvalue weighted by molar-refractivity contribution is 7.80. The molecule has 23 heavy (non-hydrogen) atoms. The summed E-state index contributed by atoms with van der Waals surface area (Å²) >= 11 is 0. The SMILES string of the molecule is CC[C@@]1(C(=O)NNC(=O)O)CC[C@@H]2CN1C(=O)N2OS(=O)(=O)O. The average Bonchev–Trinajstić information content (AvgIpc) is 2.70. The van der Waals surface area contributed by atoms with E-state index < -0.39 is 40.0 Å². The molecule has 4 N–H and O–H groups in total. The highest BCUT2D eigenvalue weighted by Crippen LogP contribution is 2.39. The zero-order valence-electron chi connectivity index (χ0n) is 12.1. The van der Waals surface area contributed by atoms with Crippen LogP contribution in [0.1, 0.15) is 26.2 Å². The van der Waals surface area contributed by atoms with Crippen LogP contribution in [0.15, 0.2) is 0 Å². The highest BCUT2D eigenvalue weighted by Gasteiger charge is 2.57. The van der Waals surface area contributed by atoms with E-state index in [2.05, 4.69) is 4.28 Å². The van der Waals surface area contributed by atoms with Gasteiger partial charge < -0.3 is 10.0 Å². The summed E-state index contributed by atoms with van der Waals surface area (Å²) in [5.41, 5.74) is 2.38. The average molecular weight is 352 g/mol. The molecule has 0 spiro atoms. The number of piperidine rings is 1. The van der Waals surface area contributed by atoms with Crippen molar-refractivity contribution >= 4 is 28.4 Å². The first-order chi connectivity index (χ1) is 10.6. The Hall–Kier alpha value is -2.12. The minimum Gasteiger partial charge on any atom is -0.464 e. The summed E-state index contributed by atoms with van der Waals surface area (Å²) in [6.07, 6.45) is -0.870. The van der Waals surface area contributed by atoms with Crippen molar-refractivity contribution in [1.82, 2.24) is 20.8 Å². The van der Waals surface area contributed by atoms with E-state index in [1.54, 1.807) is 12.3 Å². The topological polar surface area (TPSA) is 166 Å². The summed E-state index contributed by atoms with van der Waals surface area (Å²) in [7, 11) is -4.88. The third-order valence-electron chi connectivity index (χ3n) is 4.02. The number of carbonyl (C=O) groups excluding carboxylic acids is 2. The minimum absolute atomic E-state index is 0.0166. The second-order valence-corrected chi connectivity index (χ2v) is 6.19. The quantitative estimate of drug-likeness (QED) is 0.372. The molecule has 0 saturated carbocycles. The van der Waals surface area contributed by atoms with E-state index in [1.807, 2.05) is 5.43 Å². The number of hydrazine groups is 1. The molecule has 13 heteroatoms. The number of rotatable bonds is 4. The first-order valence-corrected chi connectivity index (χ1v) is 8.04. The minimum atomic E-state index is -4.88. The standard InChI is InChI=1S/C10H16N4O8S/c1-2-10(7(15)11-12-8(16)17)4-3-6-5-13(10)9(18)14(6)22-23(19,20)21/h6,12H,2-5H2,1H3,(H,11,15)(H,16,17)(H,19,20,21)/t6-,10+/m1/s1. The Morgan fingerprint density at radius 2 is 2.09 bits per heavy atom. The molecule has 2 saturated heterocycles. The summed E-state index contributed by atoms with van der Waals surface area (Å²) in [6, 6.07) is -1.53. The Labute approximate surface area is 131 Å². The van der Waals surface area contributed by atoms with Crippen LogP contribution in [0.4, 0.5) is 9.59 Å². The van der Waals surface area contributed by atoms with Gasteiger partial charge in [-0.05, 0) is 19.3 Å². The second-order valence-electron chi connectivity index (χ2n) is 5.18. The van der Waals surface area contributed by atoms with Crippen LogP contribution in [0.2, 0.25) is 0 Å². The zero-order chi connectivity index (χ0) is 17.4. The maximum absolute atomic E-state index is 12.3. The van der Waals surface area contributed by atoms with Crippen LogP contribution >= 0.6 is 0 Å². The van der Waals surface area contributed by atoms with Gasteiger partial charge in [-0.3, -0.25) is 14.8 Å². The van der Waals surface area contributed by atoms with Gasteiger partial charge in [0.25, 0.3) is 5.91 Å². The van der Waals surface area contributed by atoms with E-state index in [-0.39, 0.29) is 25.8 Å². The van der Waals surface area contributed by atoms with Crippen LogP contribution in [0.3, 0.4) is 0 Å². The molecule has 0 unspecified atom stereocenters. The molecular formula is C10H16N4O8S. The number of nitrogens with zero attached hydrogens (tertiary/aromatic N) is 2. The molecule has 4 amide bonds. The van der Waals surface area contributed by atoms with Gasteiger partial charge in [0.1, 0.15) is 5.54 Å². The highest BCUT2D eigenvalue weighted by atomic mass is 32.3. The van der Waals surface area contributed by atoms with Crippen molar-refractivity contribution in [2.45, 2.75) is 37.8 Å². The van der Waals surface area contributed by atoms with E-state index in [4.69, 9.17) is 9.66 Å². The molecule has 2 fully saturated rings. The van der Waals surface area contributed by atoms with Crippen LogP contribution in [0, 0.1) is 0 Å². The molecule has 0 aromatic carbocycles. The van der Waals surface area contributed by atoms with Crippen LogP contribution in [0.5, 0.6) is 0 Å². The lowest BCUT2D eigenvalue weighted by Crippen LogP contribution is -2.63. The van der Waals surface area contributed by atoms with E-state index >= 15 is 0 Å². The Morgan fingerprint density at radius 1 is 1.43 bits per heavy atom. The van der Waals surface area contributed by atoms with Crippen molar-refractivity contribution in [3.8, 4) is 0 Å². The van der Waals surface area contributed by atoms with E-state index in [0.717, 1.165) is 4.90 Å². The number of hydrogen-bond acceptors (Lipinski definition) is 6. The smallest absolute Gasteiger partial charge is 0.423 e. The van der Waals surface area contributed by atoms with Gasteiger partial charge in [0.2, 0.25) is 0 Å². The molecule has 130 valence electrons. The number of carbonyl (C=O) groups is 3. The summed E-state index contributed by atoms with van der Waals surface area (Å²) < 4.78 is 34.7. The van der Waals surface area contributed by atoms with E-state index in [0.29, 0.717) is 5.06 Å². The number of nitrogens with one attached hydrogen (secondary N) is 2. The third-order valence-corrected chi connectivity index (χ3v) is 4.37. The van der Waals surface area contributed by atoms with Crippen molar-refractivity contribution in [3.05, 3.63) is 0 Å². The normalized spacial score (nSPS) is 27.0. The lowest BCUT2D eigenvalue weighted by atomic mass is 9.83. The number of hydrogen-bond donors (Lipinski definition) is 4. The third kappa shape index (κ3) is 3.16. The molecule has 0 aliphatic carbocycles. The molecule has 2 rings (SSSR count). The largest absolute Gasteiger partial charge is 0.464 e. The Bertz CT molecular complexity index is 637. The van der Waals surface area contributed by atoms with Crippen molar-refractivity contribution in [2.75, 3.05) is 6.54 Å². The summed E-state index contributed by atoms with van der Waals surface area (Å²) in [4.78, 5) is 36.2. The summed E-state index contributed by atoms with van der Waals surface area (Å²) in [5, 5.41) is 9.06. The Morgan fingerprint density at radius 3 is 2.61 bits per heavy atom. The lowest BCUT2D eigenvalue weighted by molar-refractivity contribution is -0.134. The summed E-state index contributed by atoms with van der Waals surface area (Å²) in [6.45, 7) is 1.66. The number of fused-ring (bicyclic) bond motifs is 2. The molecule has 2 atom stereocenters. The van der Waals surface area contributed by atoms with Crippen LogP contribution in [-0.2, 0) is 19.5 Å². The van der Waals surface area contributed by atoms with Crippen LogP contribution < -0.4 is 10.9 Å². The van der Waals surface area contributed by atoms with Crippen molar-refractivity contribution < 1.29 is 36.7 Å². The fourth-order valence-electron chi connectivity index (χ4n) is 2.93. The number of carboxylic acid groups (broad SMARTS) is 1. The fraction of sp³-hybridized carbons (Fsp3) is 0.700. The van der Waals surface area contributed by atoms with Gasteiger partial charge in [0.05, 0.1) is 6.04 Å². The van der Waals surface area contributed by atoms with Gasteiger partial charge >= 0.3 is 22.5 Å². The second kappa shape index (κ2) is 5.82. The predicted molar refractivity (Wildman–Crippen MR) is 71.9 cm³/mol. The van der Waals surface area contributed by atoms with Gasteiger partial charge in [0.15, 0.2) is 0 Å². The summed E-state index contributed by atoms with van der Waals surface area (Å²) in [5.74, 6) is -0.733. The molecule has 2 heterocycles. The molecule has 0 aromatic rings. The van der Waals surface area contributed by atoms with Gasteiger partial charge in [-0.25, -0.2) is 15.0 Å². The Kier molecular flexibility index (Phi) is 4.37. The zero-order valence-corrected chi connectivity index (χ0v) is 12.9. The van der Waals surface area contributed by atoms with Gasteiger partial charge in [-0.1, -0.05) is 6.92 Å². The predicted octanol–water partition coefficient (Wildman–Crippen LogP) is -0.932. The molecule has 2 aliphatic rings. The number of amides is 4. The van der Waals surface area contributed by atoms with Crippen LogP contribution in [-0.4, -0.2) is 64.2 Å². The fourth-order valence-corrected chi connectivity index (χ4v) is 3.32. The van der Waals surface area contributed by atoms with Gasteiger partial charge in [0, 0.05) is 6.54 Å². The molecular weight excluding hydrogens is 336 g/mol. The molecule has 12 nitrogen and oxygen atoms in total. The molecule has 2 bridgehead atoms. The number of hydroxylamine groups is 2. The molecule has 0 aromatic heterocycles. The first kappa shape index (κ1) is 17.2. The van der Waals surface area contributed by atoms with Crippen molar-refractivity contribution in [3.63, 3.8) is 0 Å². The number of urea groups is 1. The maximum Gasteiger partial charge on any atom is 0.423 e. The van der Waals surface area contributed by atoms with Crippen LogP contribution in [0.25, 0.3) is 0 Å². The van der Waals surface area contributed by atoms with E-state index in [9.17, 15) is 22.8 Å². The van der Waals surface area contributed by atoms with E-state index in [1.165, 1.54) is 0 Å². The monoisotopic (exact) mass is 352 g/mol. The molecule has 0 radical (unpaired) electrons. The van der Waals surface area contributed by atoms with Crippen molar-refractivity contribution in [2.24, 2.45) is 0 Å². The van der Waals surface area contributed by atoms with Gasteiger partial charge in [-0.2, -0.15) is 13.5 Å². The Balaban J connectivity index is 2.24. The first-order valence-electron chi connectivity index (χ1n) is 6.68. The van der Waals surface area contributed by atoms with Gasteiger partial charge in [-0.15, -0.1) is 4.28 Å².